The lowest BCUT2D eigenvalue weighted by molar-refractivity contribution is -0.121. The van der Waals surface area contributed by atoms with E-state index in [1.165, 1.54) is 0 Å². The zero-order valence-electron chi connectivity index (χ0n) is 12.8. The van der Waals surface area contributed by atoms with E-state index in [1.807, 2.05) is 49.4 Å². The van der Waals surface area contributed by atoms with E-state index in [4.69, 9.17) is 21.1 Å². The average Bonchev–Trinajstić information content (AvgIpc) is 3.02. The molecule has 0 spiro atoms. The van der Waals surface area contributed by atoms with Gasteiger partial charge in [-0.1, -0.05) is 29.8 Å². The van der Waals surface area contributed by atoms with Crippen LogP contribution in [0.5, 0.6) is 11.5 Å². The van der Waals surface area contributed by atoms with Crippen molar-refractivity contribution in [1.29, 1.82) is 0 Å². The Kier molecular flexibility index (Phi) is 4.72. The third kappa shape index (κ3) is 3.96. The van der Waals surface area contributed by atoms with E-state index in [0.717, 1.165) is 22.6 Å². The number of fused-ring (bicyclic) bond motifs is 1. The Morgan fingerprint density at radius 3 is 2.70 bits per heavy atom. The van der Waals surface area contributed by atoms with Gasteiger partial charge in [0.2, 0.25) is 12.7 Å². The first-order valence-corrected chi connectivity index (χ1v) is 7.93. The topological polar surface area (TPSA) is 47.6 Å². The summed E-state index contributed by atoms with van der Waals surface area (Å²) < 4.78 is 10.7. The van der Waals surface area contributed by atoms with Gasteiger partial charge in [-0.2, -0.15) is 0 Å². The van der Waals surface area contributed by atoms with Gasteiger partial charge in [-0.15, -0.1) is 0 Å². The summed E-state index contributed by atoms with van der Waals surface area (Å²) in [5.41, 5.74) is 2.09. The number of ether oxygens (including phenoxy) is 2. The second-order valence-electron chi connectivity index (χ2n) is 5.53. The average molecular weight is 332 g/mol. The van der Waals surface area contributed by atoms with E-state index in [-0.39, 0.29) is 18.7 Å². The second-order valence-corrected chi connectivity index (χ2v) is 5.96. The Hall–Kier alpha value is -2.20. The summed E-state index contributed by atoms with van der Waals surface area (Å²) in [6.07, 6.45) is 1.13. The van der Waals surface area contributed by atoms with Crippen LogP contribution in [-0.2, 0) is 11.2 Å². The highest BCUT2D eigenvalue weighted by atomic mass is 35.5. The number of amides is 1. The van der Waals surface area contributed by atoms with Crippen LogP contribution in [-0.4, -0.2) is 12.7 Å². The molecule has 0 saturated carbocycles. The van der Waals surface area contributed by atoms with E-state index in [2.05, 4.69) is 5.32 Å². The van der Waals surface area contributed by atoms with Gasteiger partial charge in [0.05, 0.1) is 6.04 Å². The molecule has 1 unspecified atom stereocenters. The zero-order valence-corrected chi connectivity index (χ0v) is 13.6. The fraction of sp³-hybridized carbons (Fsp3) is 0.278. The molecule has 5 heteroatoms. The summed E-state index contributed by atoms with van der Waals surface area (Å²) in [4.78, 5) is 12.1. The van der Waals surface area contributed by atoms with E-state index >= 15 is 0 Å². The second kappa shape index (κ2) is 6.92. The predicted molar refractivity (Wildman–Crippen MR) is 88.9 cm³/mol. The maximum absolute atomic E-state index is 12.1. The third-order valence-electron chi connectivity index (χ3n) is 3.83. The van der Waals surface area contributed by atoms with Crippen molar-refractivity contribution >= 4 is 17.5 Å². The monoisotopic (exact) mass is 331 g/mol. The highest BCUT2D eigenvalue weighted by Gasteiger charge is 2.16. The zero-order chi connectivity index (χ0) is 16.2. The van der Waals surface area contributed by atoms with Crippen LogP contribution >= 0.6 is 11.6 Å². The Morgan fingerprint density at radius 2 is 1.91 bits per heavy atom. The van der Waals surface area contributed by atoms with Crippen LogP contribution in [0.4, 0.5) is 0 Å². The van der Waals surface area contributed by atoms with Gasteiger partial charge in [0.1, 0.15) is 0 Å². The van der Waals surface area contributed by atoms with Crippen LogP contribution in [0.25, 0.3) is 0 Å². The molecular formula is C18H18ClNO3. The Morgan fingerprint density at radius 1 is 1.17 bits per heavy atom. The van der Waals surface area contributed by atoms with E-state index in [0.29, 0.717) is 17.9 Å². The normalized spacial score (nSPS) is 13.7. The number of nitrogens with one attached hydrogen (secondary N) is 1. The molecule has 3 rings (SSSR count). The van der Waals surface area contributed by atoms with E-state index in [9.17, 15) is 4.79 Å². The lowest BCUT2D eigenvalue weighted by atomic mass is 10.1. The van der Waals surface area contributed by atoms with Crippen molar-refractivity contribution in [3.63, 3.8) is 0 Å². The number of rotatable bonds is 5. The van der Waals surface area contributed by atoms with Crippen LogP contribution in [0.15, 0.2) is 42.5 Å². The molecule has 120 valence electrons. The van der Waals surface area contributed by atoms with Crippen molar-refractivity contribution in [3.8, 4) is 11.5 Å². The maximum Gasteiger partial charge on any atom is 0.231 e. The molecule has 0 fully saturated rings. The lowest BCUT2D eigenvalue weighted by Gasteiger charge is -2.15. The van der Waals surface area contributed by atoms with Crippen molar-refractivity contribution in [2.75, 3.05) is 6.79 Å². The molecule has 2 aromatic carbocycles. The first kappa shape index (κ1) is 15.7. The van der Waals surface area contributed by atoms with Crippen molar-refractivity contribution in [2.24, 2.45) is 0 Å². The van der Waals surface area contributed by atoms with Gasteiger partial charge in [0, 0.05) is 11.4 Å². The van der Waals surface area contributed by atoms with Crippen LogP contribution < -0.4 is 14.8 Å². The molecule has 2 aromatic rings. The summed E-state index contributed by atoms with van der Waals surface area (Å²) in [6.45, 7) is 2.21. The molecular weight excluding hydrogens is 314 g/mol. The number of hydrogen-bond donors (Lipinski definition) is 1. The number of halogens is 1. The fourth-order valence-corrected chi connectivity index (χ4v) is 2.61. The Balaban J connectivity index is 1.54. The summed E-state index contributed by atoms with van der Waals surface area (Å²) in [7, 11) is 0. The number of aryl methyl sites for hydroxylation is 1. The van der Waals surface area contributed by atoms with Crippen molar-refractivity contribution in [3.05, 3.63) is 58.6 Å². The summed E-state index contributed by atoms with van der Waals surface area (Å²) in [5, 5.41) is 3.71. The Labute approximate surface area is 140 Å². The van der Waals surface area contributed by atoms with Crippen LogP contribution in [0.2, 0.25) is 5.02 Å². The number of benzene rings is 2. The largest absolute Gasteiger partial charge is 0.454 e. The molecule has 0 radical (unpaired) electrons. The number of carbonyl (C=O) groups is 1. The van der Waals surface area contributed by atoms with Gasteiger partial charge in [0.25, 0.3) is 0 Å². The quantitative estimate of drug-likeness (QED) is 0.904. The van der Waals surface area contributed by atoms with Gasteiger partial charge in [-0.3, -0.25) is 4.79 Å². The molecule has 0 aliphatic carbocycles. The molecule has 1 heterocycles. The molecule has 1 N–H and O–H groups in total. The molecule has 0 saturated heterocycles. The highest BCUT2D eigenvalue weighted by molar-refractivity contribution is 6.30. The first-order chi connectivity index (χ1) is 11.1. The summed E-state index contributed by atoms with van der Waals surface area (Å²) in [6, 6.07) is 13.2. The van der Waals surface area contributed by atoms with Crippen LogP contribution in [0.1, 0.15) is 30.5 Å². The standard InChI is InChI=1S/C18H18ClNO3/c1-12(14-5-8-16-17(10-14)23-11-22-16)20-18(21)9-4-13-2-6-15(19)7-3-13/h2-3,5-8,10,12H,4,9,11H2,1H3,(H,20,21). The molecule has 1 atom stereocenters. The van der Waals surface area contributed by atoms with Gasteiger partial charge in [-0.25, -0.2) is 0 Å². The lowest BCUT2D eigenvalue weighted by Crippen LogP contribution is -2.26. The smallest absolute Gasteiger partial charge is 0.231 e. The molecule has 1 amide bonds. The number of carbonyl (C=O) groups excluding carboxylic acids is 1. The first-order valence-electron chi connectivity index (χ1n) is 7.55. The van der Waals surface area contributed by atoms with Crippen molar-refractivity contribution < 1.29 is 14.3 Å². The third-order valence-corrected chi connectivity index (χ3v) is 4.08. The van der Waals surface area contributed by atoms with Crippen molar-refractivity contribution in [2.45, 2.75) is 25.8 Å². The summed E-state index contributed by atoms with van der Waals surface area (Å²) in [5.74, 6) is 1.49. The van der Waals surface area contributed by atoms with Crippen LogP contribution in [0, 0.1) is 0 Å². The van der Waals surface area contributed by atoms with Gasteiger partial charge >= 0.3 is 0 Å². The molecule has 0 aromatic heterocycles. The molecule has 1 aliphatic heterocycles. The van der Waals surface area contributed by atoms with Crippen LogP contribution in [0.3, 0.4) is 0 Å². The van der Waals surface area contributed by atoms with Gasteiger partial charge in [-0.05, 0) is 48.7 Å². The fourth-order valence-electron chi connectivity index (χ4n) is 2.49. The minimum absolute atomic E-state index is 0.0186. The van der Waals surface area contributed by atoms with Crippen molar-refractivity contribution in [1.82, 2.24) is 5.32 Å². The minimum Gasteiger partial charge on any atom is -0.454 e. The molecule has 4 nitrogen and oxygen atoms in total. The minimum atomic E-state index is -0.0813. The maximum atomic E-state index is 12.1. The van der Waals surface area contributed by atoms with Gasteiger partial charge in [0.15, 0.2) is 11.5 Å². The molecule has 0 bridgehead atoms. The van der Waals surface area contributed by atoms with Gasteiger partial charge < -0.3 is 14.8 Å². The Bertz CT molecular complexity index is 700. The summed E-state index contributed by atoms with van der Waals surface area (Å²) >= 11 is 5.85. The predicted octanol–water partition coefficient (Wildman–Crippen LogP) is 3.88. The molecule has 23 heavy (non-hydrogen) atoms. The molecule has 1 aliphatic rings. The highest BCUT2D eigenvalue weighted by Crippen LogP contribution is 2.34. The van der Waals surface area contributed by atoms with E-state index < -0.39 is 0 Å². The SMILES string of the molecule is CC(NC(=O)CCc1ccc(Cl)cc1)c1ccc2c(c1)OCO2. The number of hydrogen-bond acceptors (Lipinski definition) is 3. The van der Waals surface area contributed by atoms with E-state index in [1.54, 1.807) is 0 Å².